The van der Waals surface area contributed by atoms with Crippen molar-refractivity contribution < 1.29 is 5.11 Å². The normalized spacial score (nSPS) is 12.3. The van der Waals surface area contributed by atoms with Gasteiger partial charge in [-0.1, -0.05) is 41.4 Å². The van der Waals surface area contributed by atoms with Gasteiger partial charge in [0.1, 0.15) is 0 Å². The van der Waals surface area contributed by atoms with E-state index >= 15 is 0 Å². The van der Waals surface area contributed by atoms with Gasteiger partial charge in [-0.05, 0) is 24.3 Å². The molecule has 3 rings (SSSR count). The van der Waals surface area contributed by atoms with Crippen LogP contribution in [0.2, 0.25) is 10.0 Å². The molecule has 1 atom stereocenters. The fraction of sp³-hybridized carbons (Fsp3) is 0.176. The fourth-order valence-electron chi connectivity index (χ4n) is 2.37. The molecule has 0 amide bonds. The minimum Gasteiger partial charge on any atom is -0.389 e. The van der Waals surface area contributed by atoms with Crippen LogP contribution >= 0.6 is 23.2 Å². The maximum Gasteiger partial charge on any atom is 0.261 e. The van der Waals surface area contributed by atoms with Crippen molar-refractivity contribution in [3.05, 3.63) is 69.2 Å². The number of anilines is 1. The van der Waals surface area contributed by atoms with Gasteiger partial charge in [-0.25, -0.2) is 4.98 Å². The smallest absolute Gasteiger partial charge is 0.261 e. The topological polar surface area (TPSA) is 67.2 Å². The van der Waals surface area contributed by atoms with Gasteiger partial charge >= 0.3 is 0 Å². The molecule has 7 heteroatoms. The molecular formula is C17H15Cl2N3O2. The predicted molar refractivity (Wildman–Crippen MR) is 97.0 cm³/mol. The summed E-state index contributed by atoms with van der Waals surface area (Å²) in [6.07, 6.45) is 0.658. The summed E-state index contributed by atoms with van der Waals surface area (Å²) in [5.74, 6) is 0. The number of hydrogen-bond donors (Lipinski definition) is 2. The van der Waals surface area contributed by atoms with Crippen molar-refractivity contribution in [2.45, 2.75) is 12.6 Å². The first-order chi connectivity index (χ1) is 11.5. The molecule has 1 unspecified atom stereocenters. The molecule has 0 spiro atoms. The number of aliphatic hydroxyl groups excluding tert-OH is 1. The second-order valence-corrected chi connectivity index (χ2v) is 6.20. The summed E-state index contributed by atoms with van der Waals surface area (Å²) < 4.78 is 1.36. The van der Waals surface area contributed by atoms with Gasteiger partial charge in [0.2, 0.25) is 0 Å². The van der Waals surface area contributed by atoms with E-state index in [-0.39, 0.29) is 12.1 Å². The van der Waals surface area contributed by atoms with Crippen LogP contribution in [0.25, 0.3) is 10.9 Å². The summed E-state index contributed by atoms with van der Waals surface area (Å²) in [4.78, 5) is 16.7. The molecule has 0 bridgehead atoms. The van der Waals surface area contributed by atoms with Crippen LogP contribution in [0.3, 0.4) is 0 Å². The maximum atomic E-state index is 12.5. The highest BCUT2D eigenvalue weighted by molar-refractivity contribution is 6.42. The number of hydrogen-bond acceptors (Lipinski definition) is 4. The summed E-state index contributed by atoms with van der Waals surface area (Å²) in [5.41, 5.74) is 1.11. The van der Waals surface area contributed by atoms with E-state index in [2.05, 4.69) is 10.3 Å². The van der Waals surface area contributed by atoms with E-state index in [1.54, 1.807) is 6.07 Å². The van der Waals surface area contributed by atoms with Gasteiger partial charge in [0.15, 0.2) is 0 Å². The SMILES string of the molecule is O=c1c2cc(Cl)c(Cl)cc2ncn1CC(O)CNc1ccccc1. The molecule has 0 saturated heterocycles. The van der Waals surface area contributed by atoms with Crippen molar-refractivity contribution in [3.63, 3.8) is 0 Å². The zero-order chi connectivity index (χ0) is 17.1. The molecule has 0 saturated carbocycles. The van der Waals surface area contributed by atoms with Gasteiger partial charge in [0.05, 0.1) is 39.9 Å². The Morgan fingerprint density at radius 1 is 1.17 bits per heavy atom. The van der Waals surface area contributed by atoms with E-state index in [9.17, 15) is 9.90 Å². The number of halogens is 2. The number of aliphatic hydroxyl groups is 1. The first-order valence-electron chi connectivity index (χ1n) is 7.36. The zero-order valence-corrected chi connectivity index (χ0v) is 14.1. The quantitative estimate of drug-likeness (QED) is 0.730. The van der Waals surface area contributed by atoms with Crippen molar-refractivity contribution in [1.29, 1.82) is 0 Å². The minimum atomic E-state index is -0.745. The molecule has 0 aliphatic heterocycles. The van der Waals surface area contributed by atoms with Crippen molar-refractivity contribution in [3.8, 4) is 0 Å². The Balaban J connectivity index is 1.76. The molecule has 124 valence electrons. The summed E-state index contributed by atoms with van der Waals surface area (Å²) in [6, 6.07) is 12.6. The molecule has 1 heterocycles. The lowest BCUT2D eigenvalue weighted by Gasteiger charge is -2.14. The van der Waals surface area contributed by atoms with Crippen LogP contribution in [0.15, 0.2) is 53.6 Å². The molecule has 2 aromatic carbocycles. The van der Waals surface area contributed by atoms with Crippen molar-refractivity contribution in [1.82, 2.24) is 9.55 Å². The zero-order valence-electron chi connectivity index (χ0n) is 12.6. The summed E-state index contributed by atoms with van der Waals surface area (Å²) in [6.45, 7) is 0.442. The third-order valence-electron chi connectivity index (χ3n) is 3.59. The second-order valence-electron chi connectivity index (χ2n) is 5.39. The van der Waals surface area contributed by atoms with E-state index in [1.165, 1.54) is 17.0 Å². The first kappa shape index (κ1) is 16.8. The van der Waals surface area contributed by atoms with E-state index in [0.717, 1.165) is 5.69 Å². The lowest BCUT2D eigenvalue weighted by molar-refractivity contribution is 0.165. The van der Waals surface area contributed by atoms with E-state index in [4.69, 9.17) is 23.2 Å². The van der Waals surface area contributed by atoms with Gasteiger partial charge in [0, 0.05) is 12.2 Å². The van der Waals surface area contributed by atoms with Crippen LogP contribution in [-0.2, 0) is 6.54 Å². The van der Waals surface area contributed by atoms with Gasteiger partial charge in [-0.3, -0.25) is 9.36 Å². The minimum absolute atomic E-state index is 0.127. The molecular weight excluding hydrogens is 349 g/mol. The van der Waals surface area contributed by atoms with Crippen molar-refractivity contribution in [2.75, 3.05) is 11.9 Å². The number of rotatable bonds is 5. The number of nitrogens with zero attached hydrogens (tertiary/aromatic N) is 2. The maximum absolute atomic E-state index is 12.5. The lowest BCUT2D eigenvalue weighted by atomic mass is 10.2. The van der Waals surface area contributed by atoms with Crippen LogP contribution in [-0.4, -0.2) is 27.3 Å². The molecule has 24 heavy (non-hydrogen) atoms. The molecule has 1 aromatic heterocycles. The molecule has 2 N–H and O–H groups in total. The van der Waals surface area contributed by atoms with Gasteiger partial charge in [-0.15, -0.1) is 0 Å². The summed E-state index contributed by atoms with van der Waals surface area (Å²) >= 11 is 11.9. The lowest BCUT2D eigenvalue weighted by Crippen LogP contribution is -2.31. The van der Waals surface area contributed by atoms with Crippen LogP contribution < -0.4 is 10.9 Å². The largest absolute Gasteiger partial charge is 0.389 e. The average Bonchev–Trinajstić information content (AvgIpc) is 2.58. The second kappa shape index (κ2) is 7.21. The van der Waals surface area contributed by atoms with Gasteiger partial charge in [0.25, 0.3) is 5.56 Å². The molecule has 0 radical (unpaired) electrons. The van der Waals surface area contributed by atoms with Gasteiger partial charge in [-0.2, -0.15) is 0 Å². The predicted octanol–water partition coefficient (Wildman–Crippen LogP) is 3.18. The summed E-state index contributed by atoms with van der Waals surface area (Å²) in [5, 5.41) is 14.3. The van der Waals surface area contributed by atoms with Crippen molar-refractivity contribution >= 4 is 39.8 Å². The standard InChI is InChI=1S/C17H15Cl2N3O2/c18-14-6-13-16(7-15(14)19)21-10-22(17(13)24)9-12(23)8-20-11-4-2-1-3-5-11/h1-7,10,12,20,23H,8-9H2. The Kier molecular flexibility index (Phi) is 5.04. The van der Waals surface area contributed by atoms with Crippen LogP contribution in [0.1, 0.15) is 0 Å². The number of fused-ring (bicyclic) bond motifs is 1. The Hall–Kier alpha value is -2.08. The monoisotopic (exact) mass is 363 g/mol. The highest BCUT2D eigenvalue weighted by Crippen LogP contribution is 2.25. The number of nitrogens with one attached hydrogen (secondary N) is 1. The average molecular weight is 364 g/mol. The number of para-hydroxylation sites is 1. The number of aromatic nitrogens is 2. The van der Waals surface area contributed by atoms with E-state index in [0.29, 0.717) is 27.5 Å². The van der Waals surface area contributed by atoms with Gasteiger partial charge < -0.3 is 10.4 Å². The molecule has 0 aliphatic carbocycles. The Bertz CT molecular complexity index is 913. The third kappa shape index (κ3) is 3.70. The molecule has 5 nitrogen and oxygen atoms in total. The summed E-state index contributed by atoms with van der Waals surface area (Å²) in [7, 11) is 0. The van der Waals surface area contributed by atoms with Crippen LogP contribution in [0.4, 0.5) is 5.69 Å². The highest BCUT2D eigenvalue weighted by Gasteiger charge is 2.11. The van der Waals surface area contributed by atoms with Crippen LogP contribution in [0, 0.1) is 0 Å². The highest BCUT2D eigenvalue weighted by atomic mass is 35.5. The third-order valence-corrected chi connectivity index (χ3v) is 4.31. The Morgan fingerprint density at radius 2 is 1.88 bits per heavy atom. The van der Waals surface area contributed by atoms with Crippen molar-refractivity contribution in [2.24, 2.45) is 0 Å². The number of benzene rings is 2. The fourth-order valence-corrected chi connectivity index (χ4v) is 2.69. The van der Waals surface area contributed by atoms with Crippen LogP contribution in [0.5, 0.6) is 0 Å². The molecule has 0 fully saturated rings. The Morgan fingerprint density at radius 3 is 2.62 bits per heavy atom. The first-order valence-corrected chi connectivity index (χ1v) is 8.11. The Labute approximate surface area is 148 Å². The van der Waals surface area contributed by atoms with E-state index < -0.39 is 6.10 Å². The van der Waals surface area contributed by atoms with E-state index in [1.807, 2.05) is 30.3 Å². The molecule has 0 aliphatic rings. The molecule has 3 aromatic rings.